The molecule has 0 aliphatic heterocycles. The van der Waals surface area contributed by atoms with Crippen LogP contribution in [0.2, 0.25) is 0 Å². The third kappa shape index (κ3) is 2.97. The summed E-state index contributed by atoms with van der Waals surface area (Å²) in [5, 5.41) is 10.9. The van der Waals surface area contributed by atoms with Crippen LogP contribution >= 0.6 is 15.9 Å². The van der Waals surface area contributed by atoms with E-state index in [0.29, 0.717) is 10.2 Å². The minimum atomic E-state index is -0.628. The number of halogens is 1. The standard InChI is InChI=1S/C11H9BrN4O3/c1-6-2-3-9(7(12)4-6)19-10-8(16(17)18)5-14-11(13)15-10/h2-5H,1H3,(H2,13,14,15). The maximum Gasteiger partial charge on any atom is 0.349 e. The van der Waals surface area contributed by atoms with Crippen molar-refractivity contribution in [3.8, 4) is 11.6 Å². The molecule has 0 fully saturated rings. The number of nitrogens with zero attached hydrogens (tertiary/aromatic N) is 3. The largest absolute Gasteiger partial charge is 0.432 e. The van der Waals surface area contributed by atoms with E-state index >= 15 is 0 Å². The predicted octanol–water partition coefficient (Wildman–Crippen LogP) is 2.83. The zero-order valence-corrected chi connectivity index (χ0v) is 11.4. The van der Waals surface area contributed by atoms with Crippen LogP contribution in [0.25, 0.3) is 0 Å². The predicted molar refractivity (Wildman–Crippen MR) is 72.1 cm³/mol. The number of benzene rings is 1. The first kappa shape index (κ1) is 13.2. The van der Waals surface area contributed by atoms with Crippen LogP contribution in [0.3, 0.4) is 0 Å². The van der Waals surface area contributed by atoms with Crippen LogP contribution in [0.4, 0.5) is 11.6 Å². The highest BCUT2D eigenvalue weighted by Crippen LogP contribution is 2.33. The first-order valence-electron chi connectivity index (χ1n) is 5.18. The van der Waals surface area contributed by atoms with Crippen molar-refractivity contribution in [3.63, 3.8) is 0 Å². The Balaban J connectivity index is 2.42. The van der Waals surface area contributed by atoms with E-state index < -0.39 is 4.92 Å². The Hall–Kier alpha value is -2.22. The third-order valence-corrected chi connectivity index (χ3v) is 2.86. The number of hydrogen-bond acceptors (Lipinski definition) is 6. The molecule has 0 radical (unpaired) electrons. The molecule has 2 N–H and O–H groups in total. The molecule has 0 saturated carbocycles. The summed E-state index contributed by atoms with van der Waals surface area (Å²) < 4.78 is 6.08. The summed E-state index contributed by atoms with van der Waals surface area (Å²) in [5.41, 5.74) is 6.09. The Labute approximate surface area is 116 Å². The molecule has 0 unspecified atom stereocenters. The van der Waals surface area contributed by atoms with Gasteiger partial charge in [-0.25, -0.2) is 4.98 Å². The zero-order valence-electron chi connectivity index (χ0n) is 9.83. The lowest BCUT2D eigenvalue weighted by Gasteiger charge is -2.07. The molecule has 0 amide bonds. The van der Waals surface area contributed by atoms with Gasteiger partial charge in [-0.3, -0.25) is 10.1 Å². The van der Waals surface area contributed by atoms with Gasteiger partial charge < -0.3 is 10.5 Å². The van der Waals surface area contributed by atoms with E-state index in [1.54, 1.807) is 6.07 Å². The van der Waals surface area contributed by atoms with Crippen molar-refractivity contribution >= 4 is 27.6 Å². The van der Waals surface area contributed by atoms with E-state index in [4.69, 9.17) is 10.5 Å². The van der Waals surface area contributed by atoms with E-state index in [9.17, 15) is 10.1 Å². The van der Waals surface area contributed by atoms with Crippen LogP contribution in [0.1, 0.15) is 5.56 Å². The highest BCUT2D eigenvalue weighted by molar-refractivity contribution is 9.10. The summed E-state index contributed by atoms with van der Waals surface area (Å²) in [5.74, 6) is 0.123. The lowest BCUT2D eigenvalue weighted by Crippen LogP contribution is -2.01. The molecule has 0 saturated heterocycles. The van der Waals surface area contributed by atoms with Gasteiger partial charge in [0.2, 0.25) is 5.95 Å². The van der Waals surface area contributed by atoms with Crippen molar-refractivity contribution in [1.29, 1.82) is 0 Å². The number of aromatic nitrogens is 2. The van der Waals surface area contributed by atoms with Gasteiger partial charge in [-0.05, 0) is 40.5 Å². The number of aryl methyl sites for hydroxylation is 1. The normalized spacial score (nSPS) is 10.2. The number of ether oxygens (including phenoxy) is 1. The molecule has 7 nitrogen and oxygen atoms in total. The summed E-state index contributed by atoms with van der Waals surface area (Å²) in [6.45, 7) is 1.92. The molecule has 8 heteroatoms. The van der Waals surface area contributed by atoms with Gasteiger partial charge in [0.15, 0.2) is 0 Å². The van der Waals surface area contributed by atoms with Crippen molar-refractivity contribution in [1.82, 2.24) is 9.97 Å². The van der Waals surface area contributed by atoms with Gasteiger partial charge >= 0.3 is 11.6 Å². The van der Waals surface area contributed by atoms with Gasteiger partial charge in [0.1, 0.15) is 11.9 Å². The molecular weight excluding hydrogens is 316 g/mol. The minimum absolute atomic E-state index is 0.0937. The second kappa shape index (κ2) is 5.19. The van der Waals surface area contributed by atoms with Gasteiger partial charge in [-0.1, -0.05) is 6.07 Å². The molecule has 0 aliphatic rings. The molecular formula is C11H9BrN4O3. The summed E-state index contributed by atoms with van der Waals surface area (Å²) in [7, 11) is 0. The molecule has 2 rings (SSSR count). The van der Waals surface area contributed by atoms with Crippen LogP contribution in [0.15, 0.2) is 28.9 Å². The Morgan fingerprint density at radius 1 is 1.47 bits per heavy atom. The van der Waals surface area contributed by atoms with E-state index in [0.717, 1.165) is 11.8 Å². The Kier molecular flexibility index (Phi) is 3.61. The fourth-order valence-corrected chi connectivity index (χ4v) is 1.94. The van der Waals surface area contributed by atoms with Crippen LogP contribution in [0, 0.1) is 17.0 Å². The number of nitro groups is 1. The zero-order chi connectivity index (χ0) is 14.0. The molecule has 1 heterocycles. The number of rotatable bonds is 3. The monoisotopic (exact) mass is 324 g/mol. The average molecular weight is 325 g/mol. The van der Waals surface area contributed by atoms with Crippen LogP contribution in [-0.2, 0) is 0 Å². The first-order valence-corrected chi connectivity index (χ1v) is 5.97. The van der Waals surface area contributed by atoms with Crippen LogP contribution in [0.5, 0.6) is 11.6 Å². The maximum atomic E-state index is 10.9. The second-order valence-corrected chi connectivity index (χ2v) is 4.57. The van der Waals surface area contributed by atoms with Gasteiger partial charge in [-0.15, -0.1) is 0 Å². The first-order chi connectivity index (χ1) is 8.97. The quantitative estimate of drug-likeness (QED) is 0.687. The topological polar surface area (TPSA) is 104 Å². The molecule has 0 aliphatic carbocycles. The molecule has 1 aromatic heterocycles. The molecule has 0 atom stereocenters. The molecule has 1 aromatic carbocycles. The van der Waals surface area contributed by atoms with Crippen molar-refractivity contribution in [3.05, 3.63) is 44.5 Å². The molecule has 98 valence electrons. The number of anilines is 1. The molecule has 0 bridgehead atoms. The van der Waals surface area contributed by atoms with E-state index in [1.807, 2.05) is 19.1 Å². The molecule has 19 heavy (non-hydrogen) atoms. The number of nitrogens with two attached hydrogens (primary N) is 1. The second-order valence-electron chi connectivity index (χ2n) is 3.71. The minimum Gasteiger partial charge on any atom is -0.432 e. The maximum absolute atomic E-state index is 10.9. The van der Waals surface area contributed by atoms with Gasteiger partial charge in [-0.2, -0.15) is 4.98 Å². The summed E-state index contributed by atoms with van der Waals surface area (Å²) >= 11 is 3.32. The van der Waals surface area contributed by atoms with Crippen molar-refractivity contribution < 1.29 is 9.66 Å². The van der Waals surface area contributed by atoms with Crippen molar-refractivity contribution in [2.24, 2.45) is 0 Å². The smallest absolute Gasteiger partial charge is 0.349 e. The Morgan fingerprint density at radius 3 is 2.84 bits per heavy atom. The van der Waals surface area contributed by atoms with Crippen molar-refractivity contribution in [2.75, 3.05) is 5.73 Å². The van der Waals surface area contributed by atoms with E-state index in [1.165, 1.54) is 0 Å². The van der Waals surface area contributed by atoms with Crippen LogP contribution < -0.4 is 10.5 Å². The fraction of sp³-hybridized carbons (Fsp3) is 0.0909. The van der Waals surface area contributed by atoms with Crippen LogP contribution in [-0.4, -0.2) is 14.9 Å². The highest BCUT2D eigenvalue weighted by atomic mass is 79.9. The molecule has 2 aromatic rings. The van der Waals surface area contributed by atoms with Crippen molar-refractivity contribution in [2.45, 2.75) is 6.92 Å². The summed E-state index contributed by atoms with van der Waals surface area (Å²) in [6.07, 6.45) is 1.01. The Morgan fingerprint density at radius 2 is 2.21 bits per heavy atom. The van der Waals surface area contributed by atoms with E-state index in [2.05, 4.69) is 25.9 Å². The van der Waals surface area contributed by atoms with E-state index in [-0.39, 0.29) is 17.5 Å². The van der Waals surface area contributed by atoms with Gasteiger partial charge in [0, 0.05) is 0 Å². The van der Waals surface area contributed by atoms with Gasteiger partial charge in [0.25, 0.3) is 0 Å². The summed E-state index contributed by atoms with van der Waals surface area (Å²) in [4.78, 5) is 17.5. The lowest BCUT2D eigenvalue weighted by atomic mass is 10.2. The Bertz CT molecular complexity index is 648. The SMILES string of the molecule is Cc1ccc(Oc2nc(N)ncc2[N+](=O)[O-])c(Br)c1. The average Bonchev–Trinajstić information content (AvgIpc) is 2.32. The third-order valence-electron chi connectivity index (χ3n) is 2.25. The lowest BCUT2D eigenvalue weighted by molar-refractivity contribution is -0.386. The number of hydrogen-bond donors (Lipinski definition) is 1. The highest BCUT2D eigenvalue weighted by Gasteiger charge is 2.19. The fourth-order valence-electron chi connectivity index (χ4n) is 1.37. The number of nitrogen functional groups attached to an aromatic ring is 1. The molecule has 0 spiro atoms. The summed E-state index contributed by atoms with van der Waals surface area (Å²) in [6, 6.07) is 5.32. The van der Waals surface area contributed by atoms with Gasteiger partial charge in [0.05, 0.1) is 9.40 Å².